The van der Waals surface area contributed by atoms with Crippen LogP contribution in [0.5, 0.6) is 0 Å². The van der Waals surface area contributed by atoms with Gasteiger partial charge in [-0.3, -0.25) is 14.9 Å². The van der Waals surface area contributed by atoms with E-state index in [4.69, 9.17) is 0 Å². The molecule has 2 aliphatic heterocycles. The van der Waals surface area contributed by atoms with Crippen LogP contribution in [0.3, 0.4) is 0 Å². The second-order valence-corrected chi connectivity index (χ2v) is 6.68. The van der Waals surface area contributed by atoms with Gasteiger partial charge in [0.05, 0.1) is 18.3 Å². The molecule has 8 heteroatoms. The number of nitrogens with zero attached hydrogens (tertiary/aromatic N) is 3. The van der Waals surface area contributed by atoms with Gasteiger partial charge in [0.25, 0.3) is 5.91 Å². The monoisotopic (exact) mass is 353 g/mol. The van der Waals surface area contributed by atoms with Gasteiger partial charge in [-0.25, -0.2) is 9.48 Å². The molecule has 134 valence electrons. The smallest absolute Gasteiger partial charge is 0.322 e. The van der Waals surface area contributed by atoms with Crippen LogP contribution in [0.15, 0.2) is 42.7 Å². The number of aromatic nitrogens is 2. The predicted octanol–water partition coefficient (Wildman–Crippen LogP) is 0.615. The molecule has 0 aliphatic carbocycles. The lowest BCUT2D eigenvalue weighted by atomic mass is 9.87. The van der Waals surface area contributed by atoms with Crippen molar-refractivity contribution in [2.24, 2.45) is 0 Å². The molecule has 26 heavy (non-hydrogen) atoms. The highest BCUT2D eigenvalue weighted by Crippen LogP contribution is 2.25. The van der Waals surface area contributed by atoms with Crippen molar-refractivity contribution in [3.8, 4) is 5.69 Å². The summed E-state index contributed by atoms with van der Waals surface area (Å²) in [6.07, 6.45) is 4.67. The molecule has 1 aromatic carbocycles. The Labute approximate surface area is 150 Å². The van der Waals surface area contributed by atoms with Crippen molar-refractivity contribution < 1.29 is 14.4 Å². The second-order valence-electron chi connectivity index (χ2n) is 6.68. The number of piperidine rings is 1. The van der Waals surface area contributed by atoms with Crippen LogP contribution in [0.1, 0.15) is 18.4 Å². The molecule has 8 nitrogen and oxygen atoms in total. The highest BCUT2D eigenvalue weighted by Gasteiger charge is 2.48. The van der Waals surface area contributed by atoms with Crippen molar-refractivity contribution in [3.63, 3.8) is 0 Å². The van der Waals surface area contributed by atoms with Gasteiger partial charge in [-0.2, -0.15) is 5.10 Å². The number of carbonyl (C=O) groups excluding carboxylic acids is 3. The third kappa shape index (κ3) is 2.94. The summed E-state index contributed by atoms with van der Waals surface area (Å²) >= 11 is 0. The minimum absolute atomic E-state index is 0.00260. The molecule has 3 heterocycles. The first-order chi connectivity index (χ1) is 12.6. The summed E-state index contributed by atoms with van der Waals surface area (Å²) in [6, 6.07) is 9.25. The molecule has 2 fully saturated rings. The number of imide groups is 1. The molecular weight excluding hydrogens is 334 g/mol. The van der Waals surface area contributed by atoms with Gasteiger partial charge in [-0.1, -0.05) is 18.2 Å². The molecule has 1 aromatic heterocycles. The summed E-state index contributed by atoms with van der Waals surface area (Å²) in [5, 5.41) is 9.28. The Kier molecular flexibility index (Phi) is 3.95. The van der Waals surface area contributed by atoms with Gasteiger partial charge in [0.1, 0.15) is 5.54 Å². The Morgan fingerprint density at radius 1 is 1.15 bits per heavy atom. The SMILES string of the molecule is O=C1NC(=O)C2(CCN(C(=O)Cc3cnn(-c4ccccc4)c3)CC2)N1. The maximum absolute atomic E-state index is 12.6. The molecule has 2 saturated heterocycles. The average molecular weight is 353 g/mol. The lowest BCUT2D eigenvalue weighted by Crippen LogP contribution is -2.55. The fourth-order valence-electron chi connectivity index (χ4n) is 3.48. The summed E-state index contributed by atoms with van der Waals surface area (Å²) in [5.41, 5.74) is 0.923. The molecule has 4 rings (SSSR count). The number of carbonyl (C=O) groups is 3. The van der Waals surface area contributed by atoms with Crippen LogP contribution in [0.25, 0.3) is 5.69 Å². The first kappa shape index (κ1) is 16.3. The first-order valence-electron chi connectivity index (χ1n) is 8.56. The van der Waals surface area contributed by atoms with Crippen LogP contribution >= 0.6 is 0 Å². The van der Waals surface area contributed by atoms with Crippen molar-refractivity contribution in [2.45, 2.75) is 24.8 Å². The quantitative estimate of drug-likeness (QED) is 0.791. The Balaban J connectivity index is 1.37. The maximum Gasteiger partial charge on any atom is 0.322 e. The van der Waals surface area contributed by atoms with Crippen LogP contribution in [0.4, 0.5) is 4.79 Å². The van der Waals surface area contributed by atoms with Crippen LogP contribution in [0, 0.1) is 0 Å². The standard InChI is InChI=1S/C18H19N5O3/c24-15(10-13-11-19-23(12-13)14-4-2-1-3-5-14)22-8-6-18(7-9-22)16(25)20-17(26)21-18/h1-5,11-12H,6-10H2,(H2,20,21,25,26). The topological polar surface area (TPSA) is 96.3 Å². The highest BCUT2D eigenvalue weighted by molar-refractivity contribution is 6.07. The number of hydrogen-bond donors (Lipinski definition) is 2. The Morgan fingerprint density at radius 3 is 2.54 bits per heavy atom. The van der Waals surface area contributed by atoms with Gasteiger partial charge in [0, 0.05) is 19.3 Å². The Morgan fingerprint density at radius 2 is 1.88 bits per heavy atom. The Bertz CT molecular complexity index is 853. The van der Waals surface area contributed by atoms with Gasteiger partial charge in [-0.05, 0) is 30.5 Å². The van der Waals surface area contributed by atoms with Crippen molar-refractivity contribution in [1.29, 1.82) is 0 Å². The normalized spacial score (nSPS) is 18.7. The number of urea groups is 1. The zero-order chi connectivity index (χ0) is 18.1. The lowest BCUT2D eigenvalue weighted by Gasteiger charge is -2.37. The molecule has 0 saturated carbocycles. The number of para-hydroxylation sites is 1. The number of hydrogen-bond acceptors (Lipinski definition) is 4. The number of rotatable bonds is 3. The number of nitrogens with one attached hydrogen (secondary N) is 2. The molecule has 2 aromatic rings. The van der Waals surface area contributed by atoms with E-state index in [9.17, 15) is 14.4 Å². The summed E-state index contributed by atoms with van der Waals surface area (Å²) in [6.45, 7) is 0.888. The molecule has 0 radical (unpaired) electrons. The van der Waals surface area contributed by atoms with Crippen molar-refractivity contribution >= 4 is 17.8 Å². The fraction of sp³-hybridized carbons (Fsp3) is 0.333. The Hall–Kier alpha value is -3.16. The molecule has 1 spiro atoms. The van der Waals surface area contributed by atoms with E-state index in [0.29, 0.717) is 25.9 Å². The van der Waals surface area contributed by atoms with Gasteiger partial charge in [0.15, 0.2) is 0 Å². The number of amides is 4. The fourth-order valence-corrected chi connectivity index (χ4v) is 3.48. The predicted molar refractivity (Wildman–Crippen MR) is 92.5 cm³/mol. The largest absolute Gasteiger partial charge is 0.342 e. The van der Waals surface area contributed by atoms with Crippen molar-refractivity contribution in [2.75, 3.05) is 13.1 Å². The first-order valence-corrected chi connectivity index (χ1v) is 8.56. The van der Waals surface area contributed by atoms with E-state index in [1.54, 1.807) is 15.8 Å². The zero-order valence-corrected chi connectivity index (χ0v) is 14.1. The van der Waals surface area contributed by atoms with E-state index in [0.717, 1.165) is 11.3 Å². The summed E-state index contributed by atoms with van der Waals surface area (Å²) in [4.78, 5) is 37.6. The van der Waals surface area contributed by atoms with E-state index in [1.807, 2.05) is 36.5 Å². The van der Waals surface area contributed by atoms with Gasteiger partial charge in [0.2, 0.25) is 5.91 Å². The van der Waals surface area contributed by atoms with E-state index in [1.165, 1.54) is 0 Å². The number of benzene rings is 1. The molecular formula is C18H19N5O3. The third-order valence-corrected chi connectivity index (χ3v) is 5.00. The molecule has 0 unspecified atom stereocenters. The van der Waals surface area contributed by atoms with Crippen LogP contribution < -0.4 is 10.6 Å². The van der Waals surface area contributed by atoms with Gasteiger partial charge in [-0.15, -0.1) is 0 Å². The van der Waals surface area contributed by atoms with Crippen LogP contribution in [0.2, 0.25) is 0 Å². The minimum atomic E-state index is -0.855. The van der Waals surface area contributed by atoms with Crippen LogP contribution in [-0.2, 0) is 16.0 Å². The molecule has 0 atom stereocenters. The molecule has 0 bridgehead atoms. The van der Waals surface area contributed by atoms with Crippen molar-refractivity contribution in [1.82, 2.24) is 25.3 Å². The molecule has 2 aliphatic rings. The van der Waals surface area contributed by atoms with Crippen LogP contribution in [-0.4, -0.2) is 51.2 Å². The van der Waals surface area contributed by atoms with E-state index >= 15 is 0 Å². The second kappa shape index (κ2) is 6.29. The highest BCUT2D eigenvalue weighted by atomic mass is 16.2. The van der Waals surface area contributed by atoms with Crippen molar-refractivity contribution in [3.05, 3.63) is 48.3 Å². The van der Waals surface area contributed by atoms with Gasteiger partial charge >= 0.3 is 6.03 Å². The summed E-state index contributed by atoms with van der Waals surface area (Å²) in [7, 11) is 0. The summed E-state index contributed by atoms with van der Waals surface area (Å²) in [5.74, 6) is -0.295. The lowest BCUT2D eigenvalue weighted by molar-refractivity contribution is -0.135. The summed E-state index contributed by atoms with van der Waals surface area (Å²) < 4.78 is 1.74. The number of likely N-dealkylation sites (tertiary alicyclic amines) is 1. The third-order valence-electron chi connectivity index (χ3n) is 5.00. The van der Waals surface area contributed by atoms with Gasteiger partial charge < -0.3 is 10.2 Å². The van der Waals surface area contributed by atoms with E-state index < -0.39 is 11.6 Å². The molecule has 4 amide bonds. The van der Waals surface area contributed by atoms with E-state index in [-0.39, 0.29) is 18.2 Å². The van der Waals surface area contributed by atoms with E-state index in [2.05, 4.69) is 15.7 Å². The minimum Gasteiger partial charge on any atom is -0.342 e. The average Bonchev–Trinajstić information content (AvgIpc) is 3.21. The maximum atomic E-state index is 12.6. The molecule has 2 N–H and O–H groups in total. The zero-order valence-electron chi connectivity index (χ0n) is 14.1.